The Morgan fingerprint density at radius 1 is 1.44 bits per heavy atom. The van der Waals surface area contributed by atoms with Crippen LogP contribution in [-0.4, -0.2) is 10.9 Å². The lowest BCUT2D eigenvalue weighted by atomic mass is 10.3. The number of furan rings is 1. The highest BCUT2D eigenvalue weighted by Crippen LogP contribution is 2.16. The van der Waals surface area contributed by atoms with E-state index in [-0.39, 0.29) is 16.7 Å². The van der Waals surface area contributed by atoms with Crippen molar-refractivity contribution in [2.45, 2.75) is 0 Å². The molecule has 6 heteroatoms. The van der Waals surface area contributed by atoms with Crippen molar-refractivity contribution >= 4 is 23.2 Å². The van der Waals surface area contributed by atoms with Crippen molar-refractivity contribution in [1.82, 2.24) is 4.98 Å². The molecule has 2 aromatic rings. The van der Waals surface area contributed by atoms with E-state index in [0.29, 0.717) is 0 Å². The Morgan fingerprint density at radius 2 is 2.25 bits per heavy atom. The maximum absolute atomic E-state index is 13.1. The molecule has 4 nitrogen and oxygen atoms in total. The van der Waals surface area contributed by atoms with Crippen LogP contribution in [0.4, 0.5) is 10.1 Å². The van der Waals surface area contributed by atoms with Crippen LogP contribution in [0.15, 0.2) is 35.0 Å². The van der Waals surface area contributed by atoms with Crippen LogP contribution in [0.5, 0.6) is 0 Å². The van der Waals surface area contributed by atoms with E-state index in [4.69, 9.17) is 16.0 Å². The van der Waals surface area contributed by atoms with Gasteiger partial charge >= 0.3 is 0 Å². The van der Waals surface area contributed by atoms with E-state index >= 15 is 0 Å². The van der Waals surface area contributed by atoms with E-state index < -0.39 is 11.7 Å². The summed E-state index contributed by atoms with van der Waals surface area (Å²) >= 11 is 5.51. The summed E-state index contributed by atoms with van der Waals surface area (Å²) in [5.74, 6) is -1.17. The maximum atomic E-state index is 13.1. The number of hydrogen-bond donors (Lipinski definition) is 1. The monoisotopic (exact) mass is 240 g/mol. The molecule has 2 rings (SSSR count). The van der Waals surface area contributed by atoms with Gasteiger partial charge in [-0.05, 0) is 29.8 Å². The minimum atomic E-state index is -0.617. The second kappa shape index (κ2) is 4.32. The summed E-state index contributed by atoms with van der Waals surface area (Å²) in [6.45, 7) is 0. The minimum absolute atomic E-state index is 0.0150. The van der Waals surface area contributed by atoms with Crippen LogP contribution in [0.1, 0.15) is 10.6 Å². The number of hydrogen-bond acceptors (Lipinski definition) is 3. The molecule has 0 radical (unpaired) electrons. The number of pyridine rings is 1. The summed E-state index contributed by atoms with van der Waals surface area (Å²) in [7, 11) is 0. The molecule has 0 bridgehead atoms. The topological polar surface area (TPSA) is 55.1 Å². The smallest absolute Gasteiger partial charge is 0.291 e. The molecule has 1 N–H and O–H groups in total. The summed E-state index contributed by atoms with van der Waals surface area (Å²) in [4.78, 5) is 15.1. The number of anilines is 1. The minimum Gasteiger partial charge on any atom is -0.440 e. The number of rotatable bonds is 2. The first-order valence-corrected chi connectivity index (χ1v) is 4.71. The number of nitrogens with zero attached hydrogens (tertiary/aromatic N) is 1. The SMILES string of the molecule is O=C(Nc1ccncc1F)c1ccc(Cl)o1. The van der Waals surface area contributed by atoms with Crippen LogP contribution >= 0.6 is 11.6 Å². The number of aromatic nitrogens is 1. The highest BCUT2D eigenvalue weighted by molar-refractivity contribution is 6.29. The van der Waals surface area contributed by atoms with Gasteiger partial charge in [-0.15, -0.1) is 0 Å². The average molecular weight is 241 g/mol. The third-order valence-electron chi connectivity index (χ3n) is 1.82. The third-order valence-corrected chi connectivity index (χ3v) is 2.02. The normalized spacial score (nSPS) is 10.1. The summed E-state index contributed by atoms with van der Waals surface area (Å²) in [5, 5.41) is 2.43. The Morgan fingerprint density at radius 3 is 2.88 bits per heavy atom. The molecule has 0 unspecified atom stereocenters. The summed E-state index contributed by atoms with van der Waals surface area (Å²) < 4.78 is 18.0. The molecule has 2 aromatic heterocycles. The molecule has 1 amide bonds. The lowest BCUT2D eigenvalue weighted by Crippen LogP contribution is -2.12. The van der Waals surface area contributed by atoms with Crippen molar-refractivity contribution in [3.63, 3.8) is 0 Å². The summed E-state index contributed by atoms with van der Waals surface area (Å²) in [6, 6.07) is 4.17. The van der Waals surface area contributed by atoms with Crippen molar-refractivity contribution in [2.24, 2.45) is 0 Å². The van der Waals surface area contributed by atoms with Crippen LogP contribution in [0.25, 0.3) is 0 Å². The molecule has 0 saturated carbocycles. The third kappa shape index (κ3) is 2.20. The Balaban J connectivity index is 2.17. The average Bonchev–Trinajstić information content (AvgIpc) is 2.68. The molecule has 2 heterocycles. The second-order valence-electron chi connectivity index (χ2n) is 2.91. The van der Waals surface area contributed by atoms with Crippen molar-refractivity contribution in [3.05, 3.63) is 47.4 Å². The lowest BCUT2D eigenvalue weighted by Gasteiger charge is -2.02. The van der Waals surface area contributed by atoms with Gasteiger partial charge in [-0.25, -0.2) is 4.39 Å². The fourth-order valence-corrected chi connectivity index (χ4v) is 1.24. The fraction of sp³-hybridized carbons (Fsp3) is 0. The first kappa shape index (κ1) is 10.6. The van der Waals surface area contributed by atoms with Gasteiger partial charge in [-0.2, -0.15) is 0 Å². The molecule has 0 aliphatic rings. The standard InChI is InChI=1S/C10H6ClFN2O2/c11-9-2-1-8(16-9)10(15)14-7-3-4-13-5-6(7)12/h1-5H,(H,13,14,15). The van der Waals surface area contributed by atoms with E-state index in [0.717, 1.165) is 6.20 Å². The van der Waals surface area contributed by atoms with Gasteiger partial charge in [0.15, 0.2) is 16.8 Å². The number of nitrogens with one attached hydrogen (secondary N) is 1. The Bertz CT molecular complexity index is 527. The molecule has 0 saturated heterocycles. The van der Waals surface area contributed by atoms with Crippen LogP contribution in [0.3, 0.4) is 0 Å². The number of amides is 1. The highest BCUT2D eigenvalue weighted by Gasteiger charge is 2.12. The summed E-state index contributed by atoms with van der Waals surface area (Å²) in [6.07, 6.45) is 2.37. The first-order valence-electron chi connectivity index (χ1n) is 4.33. The van der Waals surface area contributed by atoms with Gasteiger partial charge < -0.3 is 9.73 Å². The number of carbonyl (C=O) groups is 1. The fourth-order valence-electron chi connectivity index (χ4n) is 1.10. The highest BCUT2D eigenvalue weighted by atomic mass is 35.5. The van der Waals surface area contributed by atoms with E-state index in [1.165, 1.54) is 24.4 Å². The van der Waals surface area contributed by atoms with Gasteiger partial charge in [0, 0.05) is 6.20 Å². The lowest BCUT2D eigenvalue weighted by molar-refractivity contribution is 0.0996. The largest absolute Gasteiger partial charge is 0.440 e. The van der Waals surface area contributed by atoms with Crippen LogP contribution in [0.2, 0.25) is 5.22 Å². The Kier molecular flexibility index (Phi) is 2.87. The second-order valence-corrected chi connectivity index (χ2v) is 3.29. The molecule has 0 atom stereocenters. The Hall–Kier alpha value is -1.88. The van der Waals surface area contributed by atoms with Crippen LogP contribution in [-0.2, 0) is 0 Å². The van der Waals surface area contributed by atoms with Crippen LogP contribution in [0, 0.1) is 5.82 Å². The van der Waals surface area contributed by atoms with E-state index in [9.17, 15) is 9.18 Å². The molecule has 0 aliphatic heterocycles. The Labute approximate surface area is 95.0 Å². The molecule has 0 aliphatic carbocycles. The number of halogens is 2. The molecule has 16 heavy (non-hydrogen) atoms. The van der Waals surface area contributed by atoms with E-state index in [1.54, 1.807) is 0 Å². The maximum Gasteiger partial charge on any atom is 0.291 e. The zero-order valence-electron chi connectivity index (χ0n) is 7.91. The quantitative estimate of drug-likeness (QED) is 0.878. The molecule has 82 valence electrons. The summed E-state index contributed by atoms with van der Waals surface area (Å²) in [5.41, 5.74) is 0.0347. The zero-order valence-corrected chi connectivity index (χ0v) is 8.66. The van der Waals surface area contributed by atoms with Gasteiger partial charge in [0.05, 0.1) is 11.9 Å². The van der Waals surface area contributed by atoms with Gasteiger partial charge in [-0.1, -0.05) is 0 Å². The number of carbonyl (C=O) groups excluding carboxylic acids is 1. The predicted molar refractivity (Wildman–Crippen MR) is 55.9 cm³/mol. The predicted octanol–water partition coefficient (Wildman–Crippen LogP) is 2.72. The molecule has 0 fully saturated rings. The van der Waals surface area contributed by atoms with Gasteiger partial charge in [-0.3, -0.25) is 9.78 Å². The van der Waals surface area contributed by atoms with Crippen molar-refractivity contribution in [3.8, 4) is 0 Å². The molecule has 0 spiro atoms. The van der Waals surface area contributed by atoms with Crippen molar-refractivity contribution in [1.29, 1.82) is 0 Å². The van der Waals surface area contributed by atoms with Crippen LogP contribution < -0.4 is 5.32 Å². The molecular formula is C10H6ClFN2O2. The molecular weight excluding hydrogens is 235 g/mol. The first-order chi connectivity index (χ1) is 7.66. The van der Waals surface area contributed by atoms with Crippen molar-refractivity contribution < 1.29 is 13.6 Å². The van der Waals surface area contributed by atoms with Gasteiger partial charge in [0.1, 0.15) is 0 Å². The van der Waals surface area contributed by atoms with E-state index in [1.807, 2.05) is 0 Å². The van der Waals surface area contributed by atoms with E-state index in [2.05, 4.69) is 10.3 Å². The van der Waals surface area contributed by atoms with Crippen molar-refractivity contribution in [2.75, 3.05) is 5.32 Å². The molecule has 0 aromatic carbocycles. The van der Waals surface area contributed by atoms with Gasteiger partial charge in [0.2, 0.25) is 0 Å². The van der Waals surface area contributed by atoms with Gasteiger partial charge in [0.25, 0.3) is 5.91 Å². The zero-order chi connectivity index (χ0) is 11.5.